The van der Waals surface area contributed by atoms with E-state index in [4.69, 9.17) is 0 Å². The minimum Gasteiger partial charge on any atom is -0.0696 e. The molecule has 0 N–H and O–H groups in total. The van der Waals surface area contributed by atoms with Gasteiger partial charge in [-0.05, 0) is 102 Å². The Labute approximate surface area is 261 Å². The van der Waals surface area contributed by atoms with Gasteiger partial charge in [0.25, 0.3) is 0 Å². The van der Waals surface area contributed by atoms with E-state index in [-0.39, 0.29) is 0 Å². The van der Waals surface area contributed by atoms with Crippen LogP contribution in [0.4, 0.5) is 0 Å². The minimum atomic E-state index is 0.291. The van der Waals surface area contributed by atoms with Gasteiger partial charge in [0, 0.05) is 0 Å². The van der Waals surface area contributed by atoms with Crippen molar-refractivity contribution in [2.45, 2.75) is 122 Å². The topological polar surface area (TPSA) is 0 Å². The maximum absolute atomic E-state index is 2.37. The van der Waals surface area contributed by atoms with E-state index in [1.54, 1.807) is 11.1 Å². The van der Waals surface area contributed by atoms with Crippen LogP contribution in [-0.2, 0) is 0 Å². The lowest BCUT2D eigenvalue weighted by Crippen LogP contribution is -2.19. The van der Waals surface area contributed by atoms with Crippen molar-refractivity contribution in [3.05, 3.63) is 130 Å². The van der Waals surface area contributed by atoms with Gasteiger partial charge in [0.15, 0.2) is 0 Å². The van der Waals surface area contributed by atoms with Crippen molar-refractivity contribution < 1.29 is 0 Å². The summed E-state index contributed by atoms with van der Waals surface area (Å²) in [5, 5.41) is 0. The van der Waals surface area contributed by atoms with Crippen molar-refractivity contribution >= 4 is 0 Å². The molecule has 0 nitrogen and oxygen atoms in total. The summed E-state index contributed by atoms with van der Waals surface area (Å²) in [5.74, 6) is 0. The van der Waals surface area contributed by atoms with Gasteiger partial charge in [-0.1, -0.05) is 160 Å². The lowest BCUT2D eigenvalue weighted by molar-refractivity contribution is 0.376. The molecule has 42 heavy (non-hydrogen) atoms. The molecule has 0 fully saturated rings. The first kappa shape index (κ1) is 37.2. The van der Waals surface area contributed by atoms with Gasteiger partial charge >= 0.3 is 0 Å². The summed E-state index contributed by atoms with van der Waals surface area (Å²) in [6.45, 7) is 26.7. The Kier molecular flexibility index (Phi) is 16.5. The average Bonchev–Trinajstić information content (AvgIpc) is 2.91. The third kappa shape index (κ3) is 13.4. The Bertz CT molecular complexity index is 1120. The zero-order chi connectivity index (χ0) is 31.8. The molecule has 0 spiro atoms. The first-order valence-corrected chi connectivity index (χ1v) is 16.3. The first-order valence-electron chi connectivity index (χ1n) is 16.3. The minimum absolute atomic E-state index is 0.291. The largest absolute Gasteiger partial charge is 0.0696 e. The Morgan fingerprint density at radius 1 is 0.500 bits per heavy atom. The van der Waals surface area contributed by atoms with Gasteiger partial charge < -0.3 is 0 Å². The summed E-state index contributed by atoms with van der Waals surface area (Å²) >= 11 is 0. The maximum Gasteiger partial charge on any atom is -0.0104 e. The fourth-order valence-electron chi connectivity index (χ4n) is 5.79. The first-order chi connectivity index (χ1) is 19.8. The summed E-state index contributed by atoms with van der Waals surface area (Å²) in [6, 6.07) is 0. The fourth-order valence-corrected chi connectivity index (χ4v) is 5.79. The van der Waals surface area contributed by atoms with E-state index < -0.39 is 0 Å². The lowest BCUT2D eigenvalue weighted by atomic mass is 9.72. The molecule has 2 aliphatic rings. The molecule has 2 aliphatic carbocycles. The molecule has 0 aromatic carbocycles. The predicted octanol–water partition coefficient (Wildman–Crippen LogP) is 13.6. The highest BCUT2D eigenvalue weighted by Crippen LogP contribution is 2.41. The van der Waals surface area contributed by atoms with Gasteiger partial charge in [0.2, 0.25) is 0 Å². The molecule has 0 amide bonds. The predicted molar refractivity (Wildman–Crippen MR) is 193 cm³/mol. The van der Waals surface area contributed by atoms with E-state index in [1.807, 2.05) is 13.8 Å². The summed E-state index contributed by atoms with van der Waals surface area (Å²) in [6.07, 6.45) is 38.4. The molecule has 0 radical (unpaired) electrons. The van der Waals surface area contributed by atoms with Crippen LogP contribution in [0.15, 0.2) is 130 Å². The quantitative estimate of drug-likeness (QED) is 0.231. The summed E-state index contributed by atoms with van der Waals surface area (Å²) in [4.78, 5) is 0. The van der Waals surface area contributed by atoms with Crippen molar-refractivity contribution in [2.75, 3.05) is 0 Å². The van der Waals surface area contributed by atoms with Gasteiger partial charge in [-0.2, -0.15) is 0 Å². The number of rotatable bonds is 10. The smallest absolute Gasteiger partial charge is 0.0104 e. The molecule has 230 valence electrons. The molecule has 2 rings (SSSR count). The van der Waals surface area contributed by atoms with Gasteiger partial charge in [0.05, 0.1) is 0 Å². The van der Waals surface area contributed by atoms with Crippen molar-refractivity contribution in [1.29, 1.82) is 0 Å². The zero-order valence-electron chi connectivity index (χ0n) is 29.3. The monoisotopic (exact) mass is 566 g/mol. The molecule has 0 saturated carbocycles. The van der Waals surface area contributed by atoms with E-state index in [2.05, 4.69) is 154 Å². The molecule has 0 saturated heterocycles. The molecule has 0 bridgehead atoms. The van der Waals surface area contributed by atoms with Crippen LogP contribution in [0, 0.1) is 10.8 Å². The molecule has 0 atom stereocenters. The molecule has 0 heterocycles. The van der Waals surface area contributed by atoms with Crippen LogP contribution in [0.1, 0.15) is 122 Å². The standard InChI is InChI=1S/C40H56.C2H6/c1-31(19-13-21-33(3)25-27-37-35(5)23-15-29-39(37,7)8)17-11-12-18-32(2)20-14-22-34(4)26-28-38-36(6)24-16-30-40(38,9)10;1-2/h11-14,17-22,25-28H,15-16,23-24,29-30H2,1-10H3;1-2H3/b12-11+,19-13+,20-14+,27-25+,28-26+,31-17+,32-18+,33-21+,34-22+;. The van der Waals surface area contributed by atoms with Crippen LogP contribution < -0.4 is 0 Å². The van der Waals surface area contributed by atoms with Gasteiger partial charge in [-0.3, -0.25) is 0 Å². The summed E-state index contributed by atoms with van der Waals surface area (Å²) in [7, 11) is 0. The highest BCUT2D eigenvalue weighted by atomic mass is 14.3. The second kappa shape index (κ2) is 18.6. The molecule has 0 unspecified atom stereocenters. The SMILES string of the molecule is CC.CC1=C(/C=C/C(C)=C/C=C/C(C)=C/C=C/C=C(C)/C=C/C=C(C)/C=C/C2=C(C)CCCC2(C)C)C(C)(C)CCC1. The van der Waals surface area contributed by atoms with Crippen molar-refractivity contribution in [1.82, 2.24) is 0 Å². The van der Waals surface area contributed by atoms with E-state index in [0.29, 0.717) is 10.8 Å². The van der Waals surface area contributed by atoms with Crippen molar-refractivity contribution in [3.63, 3.8) is 0 Å². The third-order valence-electron chi connectivity index (χ3n) is 8.38. The molecule has 0 aromatic heterocycles. The van der Waals surface area contributed by atoms with Crippen LogP contribution in [0.3, 0.4) is 0 Å². The van der Waals surface area contributed by atoms with Crippen LogP contribution >= 0.6 is 0 Å². The summed E-state index contributed by atoms with van der Waals surface area (Å²) in [5.41, 5.74) is 11.7. The van der Waals surface area contributed by atoms with Gasteiger partial charge in [-0.15, -0.1) is 0 Å². The summed E-state index contributed by atoms with van der Waals surface area (Å²) < 4.78 is 0. The Morgan fingerprint density at radius 3 is 1.14 bits per heavy atom. The molecule has 0 aliphatic heterocycles. The van der Waals surface area contributed by atoms with Crippen LogP contribution in [0.5, 0.6) is 0 Å². The lowest BCUT2D eigenvalue weighted by Gasteiger charge is -2.33. The second-order valence-corrected chi connectivity index (χ2v) is 13.3. The fraction of sp³-hybridized carbons (Fsp3) is 0.476. The number of hydrogen-bond donors (Lipinski definition) is 0. The van der Waals surface area contributed by atoms with Crippen LogP contribution in [0.25, 0.3) is 0 Å². The highest BCUT2D eigenvalue weighted by molar-refractivity contribution is 5.39. The molecule has 0 aromatic rings. The number of allylic oxidation sites excluding steroid dienone is 22. The van der Waals surface area contributed by atoms with E-state index in [1.165, 1.54) is 72.0 Å². The van der Waals surface area contributed by atoms with Crippen molar-refractivity contribution in [3.8, 4) is 0 Å². The third-order valence-corrected chi connectivity index (χ3v) is 8.38. The van der Waals surface area contributed by atoms with Crippen LogP contribution in [-0.4, -0.2) is 0 Å². The Hall–Kier alpha value is -2.86. The molecular weight excluding hydrogens is 504 g/mol. The zero-order valence-corrected chi connectivity index (χ0v) is 29.3. The maximum atomic E-state index is 2.37. The average molecular weight is 567 g/mol. The highest BCUT2D eigenvalue weighted by Gasteiger charge is 2.27. The molecular formula is C42H62. The molecule has 0 heteroatoms. The van der Waals surface area contributed by atoms with Crippen molar-refractivity contribution in [2.24, 2.45) is 10.8 Å². The second-order valence-electron chi connectivity index (χ2n) is 13.3. The normalized spacial score (nSPS) is 21.0. The van der Waals surface area contributed by atoms with E-state index in [0.717, 1.165) is 0 Å². The Morgan fingerprint density at radius 2 is 0.810 bits per heavy atom. The number of hydrogen-bond acceptors (Lipinski definition) is 0. The van der Waals surface area contributed by atoms with Crippen LogP contribution in [0.2, 0.25) is 0 Å². The van der Waals surface area contributed by atoms with Gasteiger partial charge in [-0.25, -0.2) is 0 Å². The van der Waals surface area contributed by atoms with Gasteiger partial charge in [0.1, 0.15) is 0 Å². The van der Waals surface area contributed by atoms with E-state index >= 15 is 0 Å². The Balaban J connectivity index is 0.00000431. The van der Waals surface area contributed by atoms with E-state index in [9.17, 15) is 0 Å².